The summed E-state index contributed by atoms with van der Waals surface area (Å²) in [5.74, 6) is 0.720. The van der Waals surface area contributed by atoms with Crippen molar-refractivity contribution in [3.05, 3.63) is 59.9 Å². The lowest BCUT2D eigenvalue weighted by molar-refractivity contribution is 0.0583. The van der Waals surface area contributed by atoms with E-state index in [2.05, 4.69) is 4.98 Å². The van der Waals surface area contributed by atoms with Crippen LogP contribution in [-0.2, 0) is 6.61 Å². The molecule has 3 rings (SSSR count). The van der Waals surface area contributed by atoms with Crippen LogP contribution in [0.15, 0.2) is 48.8 Å². The van der Waals surface area contributed by atoms with Gasteiger partial charge in [0, 0.05) is 42.1 Å². The molecule has 1 fully saturated rings. The number of carbonyl (C=O) groups is 1. The van der Waals surface area contributed by atoms with Crippen molar-refractivity contribution < 1.29 is 9.53 Å². The Morgan fingerprint density at radius 1 is 1.36 bits per heavy atom. The van der Waals surface area contributed by atoms with Crippen LogP contribution in [0.5, 0.6) is 5.75 Å². The van der Waals surface area contributed by atoms with Crippen LogP contribution < -0.4 is 10.5 Å². The zero-order valence-corrected chi connectivity index (χ0v) is 14.6. The molecule has 2 heterocycles. The minimum absolute atomic E-state index is 0.0192. The summed E-state index contributed by atoms with van der Waals surface area (Å²) in [6.45, 7) is 3.17. The molecule has 0 aliphatic carbocycles. The molecule has 2 N–H and O–H groups in total. The van der Waals surface area contributed by atoms with Crippen LogP contribution in [0.25, 0.3) is 0 Å². The first-order chi connectivity index (χ1) is 12.1. The lowest BCUT2D eigenvalue weighted by Crippen LogP contribution is -2.51. The fraction of sp³-hybridized carbons (Fsp3) is 0.400. The Morgan fingerprint density at radius 2 is 2.24 bits per heavy atom. The summed E-state index contributed by atoms with van der Waals surface area (Å²) in [7, 11) is 0. The van der Waals surface area contributed by atoms with Gasteiger partial charge in [-0.05, 0) is 50.5 Å². The van der Waals surface area contributed by atoms with Gasteiger partial charge in [-0.25, -0.2) is 0 Å². The summed E-state index contributed by atoms with van der Waals surface area (Å²) in [5.41, 5.74) is 7.73. The fourth-order valence-corrected chi connectivity index (χ4v) is 3.29. The highest BCUT2D eigenvalue weighted by Gasteiger charge is 2.29. The first-order valence-electron chi connectivity index (χ1n) is 8.83. The Labute approximate surface area is 148 Å². The molecule has 2 aromatic rings. The summed E-state index contributed by atoms with van der Waals surface area (Å²) in [6, 6.07) is 11.3. The number of amides is 1. The van der Waals surface area contributed by atoms with Crippen LogP contribution in [0.4, 0.5) is 0 Å². The Bertz CT molecular complexity index is 703. The number of likely N-dealkylation sites (tertiary alicyclic amines) is 1. The number of pyridine rings is 1. The Kier molecular flexibility index (Phi) is 5.66. The summed E-state index contributed by atoms with van der Waals surface area (Å²) in [5, 5.41) is 0. The fourth-order valence-electron chi connectivity index (χ4n) is 3.29. The molecular weight excluding hydrogens is 314 g/mol. The third-order valence-electron chi connectivity index (χ3n) is 4.63. The molecule has 5 nitrogen and oxygen atoms in total. The van der Waals surface area contributed by atoms with Crippen molar-refractivity contribution in [2.24, 2.45) is 5.73 Å². The standard InChI is InChI=1S/C20H25N3O2/c1-15(21)19-9-2-3-11-23(19)20(24)17-7-4-8-18(12-17)25-14-16-6-5-10-22-13-16/h4-8,10,12-13,15,19H,2-3,9,11,14,21H2,1H3/t15-,19-/m0/s1. The summed E-state index contributed by atoms with van der Waals surface area (Å²) < 4.78 is 5.81. The smallest absolute Gasteiger partial charge is 0.254 e. The molecular formula is C20H25N3O2. The molecule has 0 unspecified atom stereocenters. The van der Waals surface area contributed by atoms with Crippen molar-refractivity contribution in [2.45, 2.75) is 44.9 Å². The number of ether oxygens (including phenoxy) is 1. The molecule has 1 aromatic carbocycles. The summed E-state index contributed by atoms with van der Waals surface area (Å²) in [6.07, 6.45) is 6.64. The first kappa shape index (κ1) is 17.4. The third kappa shape index (κ3) is 4.37. The molecule has 1 aliphatic heterocycles. The highest BCUT2D eigenvalue weighted by molar-refractivity contribution is 5.95. The average molecular weight is 339 g/mol. The molecule has 1 amide bonds. The molecule has 1 saturated heterocycles. The van der Waals surface area contributed by atoms with Crippen LogP contribution in [0.1, 0.15) is 42.1 Å². The third-order valence-corrected chi connectivity index (χ3v) is 4.63. The maximum absolute atomic E-state index is 12.9. The highest BCUT2D eigenvalue weighted by atomic mass is 16.5. The van der Waals surface area contributed by atoms with Crippen molar-refractivity contribution in [2.75, 3.05) is 6.54 Å². The molecule has 0 bridgehead atoms. The lowest BCUT2D eigenvalue weighted by atomic mass is 9.96. The zero-order chi connectivity index (χ0) is 17.6. The van der Waals surface area contributed by atoms with Gasteiger partial charge in [0.2, 0.25) is 0 Å². The SMILES string of the molecule is C[C@H](N)[C@@H]1CCCCN1C(=O)c1cccc(OCc2cccnc2)c1. The number of aromatic nitrogens is 1. The molecule has 1 aromatic heterocycles. The van der Waals surface area contributed by atoms with Crippen molar-refractivity contribution in [1.82, 2.24) is 9.88 Å². The molecule has 5 heteroatoms. The van der Waals surface area contributed by atoms with Crippen molar-refractivity contribution in [3.63, 3.8) is 0 Å². The number of benzene rings is 1. The van der Waals surface area contributed by atoms with Crippen LogP contribution >= 0.6 is 0 Å². The van der Waals surface area contributed by atoms with Gasteiger partial charge < -0.3 is 15.4 Å². The van der Waals surface area contributed by atoms with Crippen molar-refractivity contribution in [3.8, 4) is 5.75 Å². The van der Waals surface area contributed by atoms with Gasteiger partial charge in [-0.1, -0.05) is 12.1 Å². The molecule has 132 valence electrons. The van der Waals surface area contributed by atoms with Gasteiger partial charge in [-0.15, -0.1) is 0 Å². The Hall–Kier alpha value is -2.40. The van der Waals surface area contributed by atoms with E-state index in [4.69, 9.17) is 10.5 Å². The monoisotopic (exact) mass is 339 g/mol. The van der Waals surface area contributed by atoms with Gasteiger partial charge in [0.15, 0.2) is 0 Å². The number of rotatable bonds is 5. The average Bonchev–Trinajstić information content (AvgIpc) is 2.67. The predicted octanol–water partition coefficient (Wildman–Crippen LogP) is 3.00. The number of piperidine rings is 1. The highest BCUT2D eigenvalue weighted by Crippen LogP contribution is 2.23. The van der Waals surface area contributed by atoms with E-state index in [0.29, 0.717) is 17.9 Å². The topological polar surface area (TPSA) is 68.5 Å². The number of nitrogens with two attached hydrogens (primary N) is 1. The van der Waals surface area contributed by atoms with Gasteiger partial charge in [0.05, 0.1) is 0 Å². The van der Waals surface area contributed by atoms with Gasteiger partial charge >= 0.3 is 0 Å². The van der Waals surface area contributed by atoms with Crippen LogP contribution in [-0.4, -0.2) is 34.4 Å². The molecule has 0 radical (unpaired) electrons. The van der Waals surface area contributed by atoms with Crippen molar-refractivity contribution in [1.29, 1.82) is 0 Å². The van der Waals surface area contributed by atoms with Crippen LogP contribution in [0.3, 0.4) is 0 Å². The lowest BCUT2D eigenvalue weighted by Gasteiger charge is -2.38. The molecule has 2 atom stereocenters. The number of hydrogen-bond donors (Lipinski definition) is 1. The zero-order valence-electron chi connectivity index (χ0n) is 14.6. The predicted molar refractivity (Wildman–Crippen MR) is 97.3 cm³/mol. The maximum Gasteiger partial charge on any atom is 0.254 e. The van der Waals surface area contributed by atoms with Crippen molar-refractivity contribution >= 4 is 5.91 Å². The van der Waals surface area contributed by atoms with E-state index in [1.807, 2.05) is 48.2 Å². The summed E-state index contributed by atoms with van der Waals surface area (Å²) >= 11 is 0. The van der Waals surface area contributed by atoms with Gasteiger partial charge in [-0.3, -0.25) is 9.78 Å². The maximum atomic E-state index is 12.9. The first-order valence-corrected chi connectivity index (χ1v) is 8.83. The Balaban J connectivity index is 1.70. The molecule has 0 saturated carbocycles. The normalized spacial score (nSPS) is 18.6. The number of nitrogens with zero attached hydrogens (tertiary/aromatic N) is 2. The molecule has 25 heavy (non-hydrogen) atoms. The second kappa shape index (κ2) is 8.12. The second-order valence-electron chi connectivity index (χ2n) is 6.60. The van der Waals surface area contributed by atoms with E-state index in [9.17, 15) is 4.79 Å². The van der Waals surface area contributed by atoms with E-state index in [1.54, 1.807) is 12.4 Å². The molecule has 1 aliphatic rings. The second-order valence-corrected chi connectivity index (χ2v) is 6.60. The van der Waals surface area contributed by atoms with E-state index < -0.39 is 0 Å². The van der Waals surface area contributed by atoms with Crippen LogP contribution in [0.2, 0.25) is 0 Å². The minimum atomic E-state index is -0.0192. The van der Waals surface area contributed by atoms with E-state index >= 15 is 0 Å². The van der Waals surface area contributed by atoms with E-state index in [-0.39, 0.29) is 18.0 Å². The number of carbonyl (C=O) groups excluding carboxylic acids is 1. The minimum Gasteiger partial charge on any atom is -0.489 e. The van der Waals surface area contributed by atoms with Gasteiger partial charge in [0.1, 0.15) is 12.4 Å². The number of hydrogen-bond acceptors (Lipinski definition) is 4. The Morgan fingerprint density at radius 3 is 3.00 bits per heavy atom. The largest absolute Gasteiger partial charge is 0.489 e. The van der Waals surface area contributed by atoms with Crippen LogP contribution in [0, 0.1) is 0 Å². The van der Waals surface area contributed by atoms with Gasteiger partial charge in [-0.2, -0.15) is 0 Å². The summed E-state index contributed by atoms with van der Waals surface area (Å²) in [4.78, 5) is 18.9. The van der Waals surface area contributed by atoms with E-state index in [0.717, 1.165) is 31.4 Å². The quantitative estimate of drug-likeness (QED) is 0.909. The van der Waals surface area contributed by atoms with E-state index in [1.165, 1.54) is 0 Å². The van der Waals surface area contributed by atoms with Gasteiger partial charge in [0.25, 0.3) is 5.91 Å². The molecule has 0 spiro atoms.